The topological polar surface area (TPSA) is 49.3 Å². The summed E-state index contributed by atoms with van der Waals surface area (Å²) in [6, 6.07) is 4.73. The Kier molecular flexibility index (Phi) is 4.15. The molecule has 1 saturated carbocycles. The predicted octanol–water partition coefficient (Wildman–Crippen LogP) is 3.03. The molecule has 0 saturated heterocycles. The minimum Gasteiger partial charge on any atom is -0.394 e. The van der Waals surface area contributed by atoms with Gasteiger partial charge in [0.15, 0.2) is 0 Å². The van der Waals surface area contributed by atoms with E-state index in [-0.39, 0.29) is 12.5 Å². The van der Waals surface area contributed by atoms with Crippen LogP contribution in [0.15, 0.2) is 18.2 Å². The van der Waals surface area contributed by atoms with Crippen LogP contribution in [0.4, 0.5) is 0 Å². The van der Waals surface area contributed by atoms with Crippen LogP contribution in [0.1, 0.15) is 36.0 Å². The van der Waals surface area contributed by atoms with Crippen LogP contribution in [0.5, 0.6) is 0 Å². The van der Waals surface area contributed by atoms with Crippen LogP contribution in [0, 0.1) is 0 Å². The molecule has 1 aliphatic carbocycles. The minimum absolute atomic E-state index is 0.0347. The average molecular weight is 288 g/mol. The number of rotatable bonds is 3. The van der Waals surface area contributed by atoms with Gasteiger partial charge in [-0.05, 0) is 31.0 Å². The molecule has 0 heterocycles. The van der Waals surface area contributed by atoms with Crippen molar-refractivity contribution in [3.63, 3.8) is 0 Å². The molecule has 0 bridgehead atoms. The first-order chi connectivity index (χ1) is 8.54. The highest BCUT2D eigenvalue weighted by Crippen LogP contribution is 2.29. The molecule has 0 unspecified atom stereocenters. The van der Waals surface area contributed by atoms with Crippen molar-refractivity contribution in [2.24, 2.45) is 0 Å². The molecular formula is C13H15Cl2NO2. The summed E-state index contributed by atoms with van der Waals surface area (Å²) < 4.78 is 0. The van der Waals surface area contributed by atoms with E-state index in [0.717, 1.165) is 25.7 Å². The van der Waals surface area contributed by atoms with E-state index in [9.17, 15) is 9.90 Å². The van der Waals surface area contributed by atoms with Crippen LogP contribution in [-0.4, -0.2) is 23.2 Å². The Hall–Kier alpha value is -0.770. The number of halogens is 2. The lowest BCUT2D eigenvalue weighted by Crippen LogP contribution is -2.49. The van der Waals surface area contributed by atoms with E-state index in [0.29, 0.717) is 15.6 Å². The van der Waals surface area contributed by atoms with E-state index in [1.807, 2.05) is 0 Å². The molecule has 1 amide bonds. The number of hydrogen-bond donors (Lipinski definition) is 2. The van der Waals surface area contributed by atoms with Gasteiger partial charge in [0.2, 0.25) is 0 Å². The lowest BCUT2D eigenvalue weighted by atomic mass is 9.98. The highest BCUT2D eigenvalue weighted by molar-refractivity contribution is 6.35. The highest BCUT2D eigenvalue weighted by Gasteiger charge is 2.34. The second-order valence-electron chi connectivity index (χ2n) is 4.76. The number of aliphatic hydroxyl groups is 1. The van der Waals surface area contributed by atoms with Gasteiger partial charge < -0.3 is 10.4 Å². The molecule has 3 nitrogen and oxygen atoms in total. The Morgan fingerprint density at radius 1 is 1.22 bits per heavy atom. The van der Waals surface area contributed by atoms with Crippen LogP contribution >= 0.6 is 23.2 Å². The normalized spacial score (nSPS) is 17.7. The zero-order valence-electron chi connectivity index (χ0n) is 9.88. The maximum atomic E-state index is 12.1. The van der Waals surface area contributed by atoms with Crippen molar-refractivity contribution < 1.29 is 9.90 Å². The van der Waals surface area contributed by atoms with Gasteiger partial charge in [0.25, 0.3) is 5.91 Å². The van der Waals surface area contributed by atoms with Gasteiger partial charge in [-0.1, -0.05) is 36.0 Å². The molecule has 0 spiro atoms. The Balaban J connectivity index is 2.16. The molecule has 2 rings (SSSR count). The maximum Gasteiger partial charge on any atom is 0.251 e. The molecule has 98 valence electrons. The van der Waals surface area contributed by atoms with Crippen molar-refractivity contribution in [2.45, 2.75) is 31.2 Å². The largest absolute Gasteiger partial charge is 0.394 e. The fraction of sp³-hybridized carbons (Fsp3) is 0.462. The molecule has 0 aromatic heterocycles. The van der Waals surface area contributed by atoms with E-state index in [4.69, 9.17) is 23.2 Å². The van der Waals surface area contributed by atoms with Gasteiger partial charge in [-0.15, -0.1) is 0 Å². The van der Waals surface area contributed by atoms with Gasteiger partial charge in [0.1, 0.15) is 0 Å². The molecule has 5 heteroatoms. The van der Waals surface area contributed by atoms with E-state index in [1.165, 1.54) is 0 Å². The fourth-order valence-electron chi connectivity index (χ4n) is 2.37. The van der Waals surface area contributed by atoms with E-state index >= 15 is 0 Å². The van der Waals surface area contributed by atoms with Gasteiger partial charge in [-0.25, -0.2) is 0 Å². The number of aliphatic hydroxyl groups excluding tert-OH is 1. The van der Waals surface area contributed by atoms with E-state index < -0.39 is 5.54 Å². The van der Waals surface area contributed by atoms with Crippen molar-refractivity contribution in [1.29, 1.82) is 0 Å². The summed E-state index contributed by atoms with van der Waals surface area (Å²) in [5.41, 5.74) is -0.0569. The molecule has 1 fully saturated rings. The summed E-state index contributed by atoms with van der Waals surface area (Å²) in [4.78, 5) is 12.1. The zero-order valence-corrected chi connectivity index (χ0v) is 11.4. The van der Waals surface area contributed by atoms with Crippen LogP contribution in [-0.2, 0) is 0 Å². The van der Waals surface area contributed by atoms with Crippen LogP contribution in [0.3, 0.4) is 0 Å². The molecule has 2 N–H and O–H groups in total. The molecule has 1 aromatic rings. The second-order valence-corrected chi connectivity index (χ2v) is 5.63. The Morgan fingerprint density at radius 3 is 2.28 bits per heavy atom. The summed E-state index contributed by atoms with van der Waals surface area (Å²) in [5, 5.41) is 13.2. The highest BCUT2D eigenvalue weighted by atomic mass is 35.5. The molecule has 0 aliphatic heterocycles. The summed E-state index contributed by atoms with van der Waals surface area (Å²) in [6.07, 6.45) is 3.67. The predicted molar refractivity (Wildman–Crippen MR) is 72.2 cm³/mol. The van der Waals surface area contributed by atoms with Crippen LogP contribution in [0.25, 0.3) is 0 Å². The van der Waals surface area contributed by atoms with Crippen molar-refractivity contribution in [3.05, 3.63) is 33.8 Å². The van der Waals surface area contributed by atoms with Gasteiger partial charge in [-0.2, -0.15) is 0 Å². The molecular weight excluding hydrogens is 273 g/mol. The number of amides is 1. The third-order valence-corrected chi connectivity index (χ3v) is 3.80. The van der Waals surface area contributed by atoms with Crippen molar-refractivity contribution in [3.8, 4) is 0 Å². The average Bonchev–Trinajstić information content (AvgIpc) is 2.77. The van der Waals surface area contributed by atoms with Crippen LogP contribution < -0.4 is 5.32 Å². The van der Waals surface area contributed by atoms with E-state index in [1.54, 1.807) is 18.2 Å². The maximum absolute atomic E-state index is 12.1. The van der Waals surface area contributed by atoms with Crippen molar-refractivity contribution in [2.75, 3.05) is 6.61 Å². The molecule has 1 aliphatic rings. The minimum atomic E-state index is -0.480. The number of carbonyl (C=O) groups is 1. The Morgan fingerprint density at radius 2 is 1.78 bits per heavy atom. The lowest BCUT2D eigenvalue weighted by molar-refractivity contribution is 0.0838. The van der Waals surface area contributed by atoms with E-state index in [2.05, 4.69) is 5.32 Å². The first-order valence-corrected chi connectivity index (χ1v) is 6.70. The molecule has 0 radical (unpaired) electrons. The monoisotopic (exact) mass is 287 g/mol. The van der Waals surface area contributed by atoms with Crippen LogP contribution in [0.2, 0.25) is 10.0 Å². The number of carbonyl (C=O) groups excluding carboxylic acids is 1. The standard InChI is InChI=1S/C13H15Cl2NO2/c14-10-5-9(6-11(15)7-10)12(18)16-13(8-17)3-1-2-4-13/h5-7,17H,1-4,8H2,(H,16,18). The molecule has 18 heavy (non-hydrogen) atoms. The SMILES string of the molecule is O=C(NC1(CO)CCCC1)c1cc(Cl)cc(Cl)c1. The van der Waals surface area contributed by atoms with Crippen molar-refractivity contribution >= 4 is 29.1 Å². The number of benzene rings is 1. The number of hydrogen-bond acceptors (Lipinski definition) is 2. The third-order valence-electron chi connectivity index (χ3n) is 3.37. The molecule has 1 aromatic carbocycles. The summed E-state index contributed by atoms with van der Waals surface area (Å²) in [7, 11) is 0. The van der Waals surface area contributed by atoms with Gasteiger partial charge in [0.05, 0.1) is 12.1 Å². The first kappa shape index (κ1) is 13.7. The first-order valence-electron chi connectivity index (χ1n) is 5.94. The fourth-order valence-corrected chi connectivity index (χ4v) is 2.90. The Labute approximate surface area is 116 Å². The van der Waals surface area contributed by atoms with Crippen molar-refractivity contribution in [1.82, 2.24) is 5.32 Å². The molecule has 0 atom stereocenters. The van der Waals surface area contributed by atoms with Gasteiger partial charge in [-0.3, -0.25) is 4.79 Å². The summed E-state index contributed by atoms with van der Waals surface area (Å²) in [5.74, 6) is -0.240. The van der Waals surface area contributed by atoms with Gasteiger partial charge >= 0.3 is 0 Å². The zero-order chi connectivity index (χ0) is 13.2. The second kappa shape index (κ2) is 5.47. The summed E-state index contributed by atoms with van der Waals surface area (Å²) >= 11 is 11.7. The lowest BCUT2D eigenvalue weighted by Gasteiger charge is -2.28. The van der Waals surface area contributed by atoms with Gasteiger partial charge in [0, 0.05) is 15.6 Å². The summed E-state index contributed by atoms with van der Waals surface area (Å²) in [6.45, 7) is -0.0347. The number of nitrogens with one attached hydrogen (secondary N) is 1. The smallest absolute Gasteiger partial charge is 0.251 e. The quantitative estimate of drug-likeness (QED) is 0.898. The Bertz CT molecular complexity index is 436. The third kappa shape index (κ3) is 2.97.